The Kier molecular flexibility index (Phi) is 4.29. The Hall–Kier alpha value is -2.39. The maximum absolute atomic E-state index is 12.4. The second-order valence-electron chi connectivity index (χ2n) is 5.75. The molecule has 1 N–H and O–H groups in total. The fourth-order valence-corrected chi connectivity index (χ4v) is 5.45. The number of para-hydroxylation sites is 1. The van der Waals surface area contributed by atoms with Gasteiger partial charge >= 0.3 is 0 Å². The van der Waals surface area contributed by atoms with Crippen molar-refractivity contribution in [3.05, 3.63) is 54.6 Å². The van der Waals surface area contributed by atoms with Crippen LogP contribution < -0.4 is 9.03 Å². The maximum Gasteiger partial charge on any atom is 0.261 e. The van der Waals surface area contributed by atoms with Gasteiger partial charge in [0.1, 0.15) is 0 Å². The van der Waals surface area contributed by atoms with E-state index in [1.807, 2.05) is 0 Å². The Bertz CT molecular complexity index is 1000. The lowest BCUT2D eigenvalue weighted by molar-refractivity contribution is -0.119. The molecule has 1 aliphatic rings. The van der Waals surface area contributed by atoms with Crippen LogP contribution in [0.2, 0.25) is 0 Å². The predicted octanol–water partition coefficient (Wildman–Crippen LogP) is 1.80. The summed E-state index contributed by atoms with van der Waals surface area (Å²) in [5.41, 5.74) is 0.547. The summed E-state index contributed by atoms with van der Waals surface area (Å²) in [4.78, 5) is 12.0. The van der Waals surface area contributed by atoms with Gasteiger partial charge < -0.3 is 0 Å². The van der Waals surface area contributed by atoms with Gasteiger partial charge in [-0.3, -0.25) is 9.52 Å². The standard InChI is InChI=1S/C16H16N2O5S2/c1-12-11-24(20,21)18(16(12)19)14-7-9-15(10-8-14)25(22,23)17-13-5-3-2-4-6-13/h2-10,12,17H,11H2,1H3/t12-/m1/s1. The number of hydrogen-bond donors (Lipinski definition) is 1. The zero-order valence-corrected chi connectivity index (χ0v) is 14.9. The van der Waals surface area contributed by atoms with Crippen LogP contribution in [-0.4, -0.2) is 28.5 Å². The second-order valence-corrected chi connectivity index (χ2v) is 9.29. The molecule has 0 saturated carbocycles. The highest BCUT2D eigenvalue weighted by Gasteiger charge is 2.41. The third kappa shape index (κ3) is 3.38. The van der Waals surface area contributed by atoms with Crippen LogP contribution in [-0.2, 0) is 24.8 Å². The topological polar surface area (TPSA) is 101 Å². The van der Waals surface area contributed by atoms with Gasteiger partial charge in [0.05, 0.1) is 22.3 Å². The van der Waals surface area contributed by atoms with E-state index in [0.29, 0.717) is 5.69 Å². The average Bonchev–Trinajstić information content (AvgIpc) is 2.75. The molecule has 9 heteroatoms. The number of carbonyl (C=O) groups excluding carboxylic acids is 1. The SMILES string of the molecule is C[C@@H]1CS(=O)(=O)N(c2ccc(S(=O)(=O)Nc3ccccc3)cc2)C1=O. The van der Waals surface area contributed by atoms with E-state index in [9.17, 15) is 21.6 Å². The highest BCUT2D eigenvalue weighted by Crippen LogP contribution is 2.29. The van der Waals surface area contributed by atoms with E-state index in [0.717, 1.165) is 4.31 Å². The van der Waals surface area contributed by atoms with Crippen molar-refractivity contribution in [1.82, 2.24) is 0 Å². The minimum atomic E-state index is -3.81. The lowest BCUT2D eigenvalue weighted by Crippen LogP contribution is -2.30. The van der Waals surface area contributed by atoms with Crippen molar-refractivity contribution in [3.8, 4) is 0 Å². The number of anilines is 2. The number of rotatable bonds is 4. The summed E-state index contributed by atoms with van der Waals surface area (Å²) in [6.07, 6.45) is 0. The summed E-state index contributed by atoms with van der Waals surface area (Å²) in [5, 5.41) is 0. The quantitative estimate of drug-likeness (QED) is 0.872. The third-order valence-electron chi connectivity index (χ3n) is 3.77. The highest BCUT2D eigenvalue weighted by atomic mass is 32.2. The predicted molar refractivity (Wildman–Crippen MR) is 94.1 cm³/mol. The van der Waals surface area contributed by atoms with Crippen LogP contribution in [0.5, 0.6) is 0 Å². The van der Waals surface area contributed by atoms with Gasteiger partial charge in [0.25, 0.3) is 10.0 Å². The lowest BCUT2D eigenvalue weighted by Gasteiger charge is -2.16. The van der Waals surface area contributed by atoms with E-state index in [4.69, 9.17) is 0 Å². The van der Waals surface area contributed by atoms with E-state index < -0.39 is 31.9 Å². The van der Waals surface area contributed by atoms with Gasteiger partial charge in [-0.25, -0.2) is 21.1 Å². The first-order valence-electron chi connectivity index (χ1n) is 7.45. The molecule has 1 amide bonds. The molecule has 1 aliphatic heterocycles. The number of benzene rings is 2. The van der Waals surface area contributed by atoms with E-state index in [-0.39, 0.29) is 16.3 Å². The zero-order valence-electron chi connectivity index (χ0n) is 13.3. The second kappa shape index (κ2) is 6.16. The van der Waals surface area contributed by atoms with Gasteiger partial charge in [-0.1, -0.05) is 25.1 Å². The van der Waals surface area contributed by atoms with Gasteiger partial charge in [0.2, 0.25) is 15.9 Å². The van der Waals surface area contributed by atoms with Gasteiger partial charge in [0, 0.05) is 5.69 Å². The van der Waals surface area contributed by atoms with E-state index in [1.165, 1.54) is 24.3 Å². The summed E-state index contributed by atoms with van der Waals surface area (Å²) in [6.45, 7) is 1.54. The van der Waals surface area contributed by atoms with Crippen LogP contribution in [0.15, 0.2) is 59.5 Å². The largest absolute Gasteiger partial charge is 0.280 e. The minimum absolute atomic E-state index is 0.0304. The van der Waals surface area contributed by atoms with Crippen molar-refractivity contribution in [2.24, 2.45) is 5.92 Å². The van der Waals surface area contributed by atoms with Crippen LogP contribution in [0.25, 0.3) is 0 Å². The Balaban J connectivity index is 1.89. The molecule has 3 rings (SSSR count). The van der Waals surface area contributed by atoms with Gasteiger partial charge in [-0.15, -0.1) is 0 Å². The summed E-state index contributed by atoms with van der Waals surface area (Å²) in [6, 6.07) is 13.6. The molecule has 1 atom stereocenters. The Morgan fingerprint density at radius 1 is 1.04 bits per heavy atom. The van der Waals surface area contributed by atoms with Crippen LogP contribution in [0.1, 0.15) is 6.92 Å². The van der Waals surface area contributed by atoms with Crippen LogP contribution in [0.3, 0.4) is 0 Å². The normalized spacial score (nSPS) is 19.8. The Morgan fingerprint density at radius 3 is 2.16 bits per heavy atom. The van der Waals surface area contributed by atoms with Gasteiger partial charge in [-0.05, 0) is 36.4 Å². The Morgan fingerprint density at radius 2 is 1.64 bits per heavy atom. The first-order chi connectivity index (χ1) is 11.7. The number of nitrogens with one attached hydrogen (secondary N) is 1. The molecule has 0 aliphatic carbocycles. The molecular formula is C16H16N2O5S2. The summed E-state index contributed by atoms with van der Waals surface area (Å²) < 4.78 is 52.1. The maximum atomic E-state index is 12.4. The summed E-state index contributed by atoms with van der Waals surface area (Å²) in [7, 11) is -7.53. The molecule has 0 aromatic heterocycles. The lowest BCUT2D eigenvalue weighted by atomic mass is 10.2. The first-order valence-corrected chi connectivity index (χ1v) is 10.5. The van der Waals surface area contributed by atoms with Crippen molar-refractivity contribution < 1.29 is 21.6 Å². The summed E-state index contributed by atoms with van der Waals surface area (Å²) in [5.74, 6) is -1.38. The van der Waals surface area contributed by atoms with Gasteiger partial charge in [0.15, 0.2) is 0 Å². The number of hydrogen-bond acceptors (Lipinski definition) is 5. The van der Waals surface area contributed by atoms with Crippen molar-refractivity contribution in [2.75, 3.05) is 14.8 Å². The van der Waals surface area contributed by atoms with Crippen molar-refractivity contribution in [3.63, 3.8) is 0 Å². The van der Waals surface area contributed by atoms with E-state index in [2.05, 4.69) is 4.72 Å². The van der Waals surface area contributed by atoms with Crippen LogP contribution in [0, 0.1) is 5.92 Å². The summed E-state index contributed by atoms with van der Waals surface area (Å²) >= 11 is 0. The number of sulfonamides is 2. The van der Waals surface area contributed by atoms with E-state index >= 15 is 0 Å². The van der Waals surface area contributed by atoms with Crippen LogP contribution in [0.4, 0.5) is 11.4 Å². The number of nitrogens with zero attached hydrogens (tertiary/aromatic N) is 1. The molecule has 2 aromatic rings. The molecule has 2 aromatic carbocycles. The molecule has 0 unspecified atom stereocenters. The third-order valence-corrected chi connectivity index (χ3v) is 7.03. The van der Waals surface area contributed by atoms with Gasteiger partial charge in [-0.2, -0.15) is 0 Å². The molecule has 0 radical (unpaired) electrons. The zero-order chi connectivity index (χ0) is 18.2. The molecule has 1 fully saturated rings. The van der Waals surface area contributed by atoms with E-state index in [1.54, 1.807) is 37.3 Å². The number of carbonyl (C=O) groups is 1. The van der Waals surface area contributed by atoms with Crippen molar-refractivity contribution in [2.45, 2.75) is 11.8 Å². The molecule has 7 nitrogen and oxygen atoms in total. The average molecular weight is 380 g/mol. The molecule has 0 spiro atoms. The molecule has 1 saturated heterocycles. The monoisotopic (exact) mass is 380 g/mol. The van der Waals surface area contributed by atoms with Crippen molar-refractivity contribution in [1.29, 1.82) is 0 Å². The van der Waals surface area contributed by atoms with Crippen molar-refractivity contribution >= 4 is 37.3 Å². The fraction of sp³-hybridized carbons (Fsp3) is 0.188. The first kappa shape index (κ1) is 17.4. The number of amides is 1. The molecule has 1 heterocycles. The molecule has 25 heavy (non-hydrogen) atoms. The molecule has 132 valence electrons. The molecule has 0 bridgehead atoms. The highest BCUT2D eigenvalue weighted by molar-refractivity contribution is 7.94. The smallest absolute Gasteiger partial charge is 0.261 e. The minimum Gasteiger partial charge on any atom is -0.280 e. The van der Waals surface area contributed by atoms with Crippen LogP contribution >= 0.6 is 0 Å². The fourth-order valence-electron chi connectivity index (χ4n) is 2.57. The Labute approximate surface area is 146 Å². The molecular weight excluding hydrogens is 364 g/mol.